The lowest BCUT2D eigenvalue weighted by molar-refractivity contribution is -0.160. The van der Waals surface area contributed by atoms with Crippen LogP contribution in [0.2, 0.25) is 0 Å². The first-order valence-electron chi connectivity index (χ1n) is 13.8. The first-order chi connectivity index (χ1) is 18.8. The normalized spacial score (nSPS) is 16.4. The lowest BCUT2D eigenvalue weighted by Gasteiger charge is -2.40. The Morgan fingerprint density at radius 3 is 2.42 bits per heavy atom. The van der Waals surface area contributed by atoms with Crippen molar-refractivity contribution in [1.29, 1.82) is 0 Å². The Kier molecular flexibility index (Phi) is 7.20. The summed E-state index contributed by atoms with van der Waals surface area (Å²) in [6.07, 6.45) is 7.07. The highest BCUT2D eigenvalue weighted by molar-refractivity contribution is 5.86. The van der Waals surface area contributed by atoms with Gasteiger partial charge in [0.25, 0.3) is 0 Å². The van der Waals surface area contributed by atoms with Gasteiger partial charge in [-0.3, -0.25) is 0 Å². The summed E-state index contributed by atoms with van der Waals surface area (Å²) >= 11 is 0. The number of carbonyl (C=O) groups is 1. The van der Waals surface area contributed by atoms with Crippen molar-refractivity contribution in [3.8, 4) is 5.82 Å². The highest BCUT2D eigenvalue weighted by atomic mass is 19.1. The Labute approximate surface area is 234 Å². The summed E-state index contributed by atoms with van der Waals surface area (Å²) in [5.74, 6) is -0.646. The highest BCUT2D eigenvalue weighted by Crippen LogP contribution is 2.41. The second-order valence-electron chi connectivity index (χ2n) is 12.6. The fourth-order valence-electron chi connectivity index (χ4n) is 5.35. The number of aliphatic carboxylic acids is 1. The summed E-state index contributed by atoms with van der Waals surface area (Å²) in [6.45, 7) is 13.7. The fourth-order valence-corrected chi connectivity index (χ4v) is 5.35. The average Bonchev–Trinajstić information content (AvgIpc) is 3.50. The predicted octanol–water partition coefficient (Wildman–Crippen LogP) is 6.13. The topological polar surface area (TPSA) is 84.9 Å². The van der Waals surface area contributed by atoms with Gasteiger partial charge in [-0.2, -0.15) is 5.10 Å². The summed E-state index contributed by atoms with van der Waals surface area (Å²) in [6, 6.07) is 8.42. The van der Waals surface area contributed by atoms with Crippen LogP contribution in [0, 0.1) is 18.2 Å². The molecule has 1 aromatic carbocycles. The quantitative estimate of drug-likeness (QED) is 0.300. The number of aryl methyl sites for hydroxylation is 1. The number of anilines is 1. The van der Waals surface area contributed by atoms with Gasteiger partial charge in [-0.25, -0.2) is 18.4 Å². The van der Waals surface area contributed by atoms with Crippen molar-refractivity contribution in [2.45, 2.75) is 72.5 Å². The Morgan fingerprint density at radius 2 is 1.80 bits per heavy atom. The van der Waals surface area contributed by atoms with Gasteiger partial charge in [-0.15, -0.1) is 5.10 Å². The molecule has 5 rings (SSSR count). The number of rotatable bonds is 7. The number of ether oxygens (including phenoxy) is 1. The van der Waals surface area contributed by atoms with Crippen LogP contribution < -0.4 is 4.90 Å². The zero-order valence-electron chi connectivity index (χ0n) is 24.1. The number of fused-ring (bicyclic) bond motifs is 1. The maximum Gasteiger partial charge on any atom is 0.337 e. The number of halogens is 1. The number of hydrogen-bond donors (Lipinski definition) is 1. The minimum Gasteiger partial charge on any atom is -0.479 e. The molecule has 1 atom stereocenters. The Balaban J connectivity index is 1.59. The summed E-state index contributed by atoms with van der Waals surface area (Å²) < 4.78 is 23.0. The second kappa shape index (κ2) is 10.4. The fraction of sp³-hybridized carbons (Fsp3) is 0.452. The molecule has 1 saturated heterocycles. The zero-order valence-corrected chi connectivity index (χ0v) is 24.1. The van der Waals surface area contributed by atoms with Gasteiger partial charge in [0.15, 0.2) is 11.9 Å². The third-order valence-corrected chi connectivity index (χ3v) is 7.54. The summed E-state index contributed by atoms with van der Waals surface area (Å²) in [7, 11) is 0. The molecular formula is C31H38FN5O3. The molecule has 212 valence electrons. The van der Waals surface area contributed by atoms with Crippen LogP contribution in [0.15, 0.2) is 48.9 Å². The van der Waals surface area contributed by atoms with Crippen LogP contribution in [-0.2, 0) is 16.0 Å². The first-order valence-corrected chi connectivity index (χ1v) is 13.8. The monoisotopic (exact) mass is 547 g/mol. The van der Waals surface area contributed by atoms with E-state index in [0.717, 1.165) is 53.8 Å². The molecule has 1 aliphatic rings. The van der Waals surface area contributed by atoms with Gasteiger partial charge in [0.1, 0.15) is 5.82 Å². The lowest BCUT2D eigenvalue weighted by atomic mass is 9.82. The number of piperidine rings is 1. The van der Waals surface area contributed by atoms with Crippen LogP contribution in [0.4, 0.5) is 10.1 Å². The molecule has 0 radical (unpaired) electrons. The number of aromatic nitrogens is 4. The van der Waals surface area contributed by atoms with Crippen molar-refractivity contribution < 1.29 is 19.0 Å². The van der Waals surface area contributed by atoms with E-state index in [1.165, 1.54) is 12.1 Å². The lowest BCUT2D eigenvalue weighted by Crippen LogP contribution is -2.39. The molecule has 0 unspecified atom stereocenters. The molecule has 3 aromatic heterocycles. The largest absolute Gasteiger partial charge is 0.479 e. The van der Waals surface area contributed by atoms with Crippen molar-refractivity contribution >= 4 is 17.2 Å². The van der Waals surface area contributed by atoms with E-state index < -0.39 is 17.7 Å². The van der Waals surface area contributed by atoms with Crippen molar-refractivity contribution in [1.82, 2.24) is 19.4 Å². The predicted molar refractivity (Wildman–Crippen MR) is 153 cm³/mol. The Morgan fingerprint density at radius 1 is 1.12 bits per heavy atom. The van der Waals surface area contributed by atoms with Gasteiger partial charge < -0.3 is 14.7 Å². The van der Waals surface area contributed by atoms with E-state index in [2.05, 4.69) is 23.8 Å². The highest BCUT2D eigenvalue weighted by Gasteiger charge is 2.35. The zero-order chi connectivity index (χ0) is 28.8. The molecule has 4 heterocycles. The molecule has 0 amide bonds. The maximum atomic E-state index is 13.3. The van der Waals surface area contributed by atoms with E-state index in [-0.39, 0.29) is 11.2 Å². The molecule has 0 spiro atoms. The summed E-state index contributed by atoms with van der Waals surface area (Å²) in [5, 5.41) is 19.7. The number of hydrogen-bond acceptors (Lipinski definition) is 5. The molecule has 1 fully saturated rings. The summed E-state index contributed by atoms with van der Waals surface area (Å²) in [4.78, 5) is 14.9. The molecule has 1 aliphatic heterocycles. The van der Waals surface area contributed by atoms with E-state index >= 15 is 0 Å². The van der Waals surface area contributed by atoms with Crippen molar-refractivity contribution in [2.75, 3.05) is 18.0 Å². The number of carboxylic acid groups (broad SMARTS) is 1. The number of nitrogens with zero attached hydrogens (tertiary/aromatic N) is 5. The Hall–Kier alpha value is -3.72. The van der Waals surface area contributed by atoms with Crippen LogP contribution in [0.5, 0.6) is 0 Å². The van der Waals surface area contributed by atoms with Crippen molar-refractivity contribution in [3.05, 3.63) is 77.0 Å². The van der Waals surface area contributed by atoms with E-state index in [9.17, 15) is 14.3 Å². The third-order valence-electron chi connectivity index (χ3n) is 7.54. The number of pyridine rings is 1. The third kappa shape index (κ3) is 5.89. The molecule has 0 saturated carbocycles. The molecule has 0 bridgehead atoms. The van der Waals surface area contributed by atoms with Gasteiger partial charge in [-0.05, 0) is 74.8 Å². The standard InChI is InChI=1S/C31H38FN5O3/c1-20-18-36-24(16-25(34-36)37-19-22(17-33-37)15-21-7-9-23(32)10-8-21)27(35-13-11-31(5,6)12-14-35)26(20)28(29(38)39)40-30(2,3)4/h7-10,16-19,28H,11-15H2,1-6H3,(H,38,39)/t28-/m0/s1. The van der Waals surface area contributed by atoms with Crippen LogP contribution in [0.3, 0.4) is 0 Å². The summed E-state index contributed by atoms with van der Waals surface area (Å²) in [5.41, 5.74) is 4.68. The van der Waals surface area contributed by atoms with E-state index in [4.69, 9.17) is 9.84 Å². The van der Waals surface area contributed by atoms with Gasteiger partial charge >= 0.3 is 5.97 Å². The minimum atomic E-state index is -1.12. The molecule has 4 aromatic rings. The van der Waals surface area contributed by atoms with E-state index in [1.807, 2.05) is 50.7 Å². The van der Waals surface area contributed by atoms with Crippen molar-refractivity contribution in [2.24, 2.45) is 5.41 Å². The number of carboxylic acids is 1. The molecule has 8 nitrogen and oxygen atoms in total. The van der Waals surface area contributed by atoms with Gasteiger partial charge in [0.05, 0.1) is 23.0 Å². The molecule has 40 heavy (non-hydrogen) atoms. The SMILES string of the molecule is Cc1cn2nc(-n3cc(Cc4ccc(F)cc4)cn3)cc2c(N2CCC(C)(C)CC2)c1[C@H](OC(C)(C)C)C(=O)O. The van der Waals surface area contributed by atoms with Crippen LogP contribution in [-0.4, -0.2) is 49.2 Å². The van der Waals surface area contributed by atoms with Gasteiger partial charge in [-0.1, -0.05) is 26.0 Å². The van der Waals surface area contributed by atoms with Crippen LogP contribution >= 0.6 is 0 Å². The van der Waals surface area contributed by atoms with E-state index in [0.29, 0.717) is 17.8 Å². The molecule has 9 heteroatoms. The average molecular weight is 548 g/mol. The maximum absolute atomic E-state index is 13.3. The first kappa shape index (κ1) is 27.8. The molecule has 1 N–H and O–H groups in total. The number of benzene rings is 1. The second-order valence-corrected chi connectivity index (χ2v) is 12.6. The van der Waals surface area contributed by atoms with Gasteiger partial charge in [0, 0.05) is 43.5 Å². The smallest absolute Gasteiger partial charge is 0.337 e. The molecular weight excluding hydrogens is 509 g/mol. The van der Waals surface area contributed by atoms with Crippen molar-refractivity contribution in [3.63, 3.8) is 0 Å². The van der Waals surface area contributed by atoms with Crippen LogP contribution in [0.1, 0.15) is 75.8 Å². The van der Waals surface area contributed by atoms with Gasteiger partial charge in [0.2, 0.25) is 0 Å². The Bertz CT molecular complexity index is 1520. The van der Waals surface area contributed by atoms with Crippen LogP contribution in [0.25, 0.3) is 11.3 Å². The molecule has 0 aliphatic carbocycles. The minimum absolute atomic E-state index is 0.228. The van der Waals surface area contributed by atoms with E-state index in [1.54, 1.807) is 23.0 Å².